The molecule has 0 aromatic heterocycles. The third-order valence-corrected chi connectivity index (χ3v) is 2.12. The van der Waals surface area contributed by atoms with Crippen molar-refractivity contribution >= 4 is 17.7 Å². The van der Waals surface area contributed by atoms with Gasteiger partial charge in [0.05, 0.1) is 5.56 Å². The monoisotopic (exact) mass is 255 g/mol. The van der Waals surface area contributed by atoms with Crippen LogP contribution in [0.5, 0.6) is 0 Å². The molecule has 0 heterocycles. The summed E-state index contributed by atoms with van der Waals surface area (Å²) >= 11 is 0. The van der Waals surface area contributed by atoms with Crippen LogP contribution in [0.15, 0.2) is 18.2 Å². The number of hydrogen-bond acceptors (Lipinski definition) is 3. The molecule has 0 aliphatic rings. The van der Waals surface area contributed by atoms with E-state index in [1.165, 1.54) is 6.07 Å². The molecule has 7 heteroatoms. The van der Waals surface area contributed by atoms with Crippen molar-refractivity contribution in [3.63, 3.8) is 0 Å². The van der Waals surface area contributed by atoms with Gasteiger partial charge in [-0.1, -0.05) is 0 Å². The molecule has 1 rings (SSSR count). The predicted molar refractivity (Wildman–Crippen MR) is 64.1 cm³/mol. The summed E-state index contributed by atoms with van der Waals surface area (Å²) in [6.45, 7) is 0.870. The fourth-order valence-corrected chi connectivity index (χ4v) is 1.25. The highest BCUT2D eigenvalue weighted by Crippen LogP contribution is 2.14. The highest BCUT2D eigenvalue weighted by atomic mass is 19.1. The van der Waals surface area contributed by atoms with Crippen LogP contribution in [0.3, 0.4) is 0 Å². The quantitative estimate of drug-likeness (QED) is 0.589. The number of carboxylic acids is 1. The average molecular weight is 255 g/mol. The Bertz CT molecular complexity index is 451. The van der Waals surface area contributed by atoms with Crippen molar-refractivity contribution in [3.05, 3.63) is 29.6 Å². The lowest BCUT2D eigenvalue weighted by atomic mass is 10.2. The number of halogens is 1. The number of amides is 2. The summed E-state index contributed by atoms with van der Waals surface area (Å²) in [5.41, 5.74) is 4.97. The molecule has 0 aliphatic heterocycles. The topological polar surface area (TPSA) is 104 Å². The Labute approximate surface area is 103 Å². The molecule has 98 valence electrons. The van der Waals surface area contributed by atoms with E-state index in [0.717, 1.165) is 12.1 Å². The molecule has 1 aromatic rings. The van der Waals surface area contributed by atoms with Crippen molar-refractivity contribution in [2.45, 2.75) is 6.42 Å². The van der Waals surface area contributed by atoms with Crippen molar-refractivity contribution in [2.75, 3.05) is 18.4 Å². The predicted octanol–water partition coefficient (Wildman–Crippen LogP) is 0.994. The third kappa shape index (κ3) is 4.02. The minimum Gasteiger partial charge on any atom is -0.478 e. The first-order valence-electron chi connectivity index (χ1n) is 5.32. The molecule has 6 nitrogen and oxygen atoms in total. The van der Waals surface area contributed by atoms with Gasteiger partial charge in [-0.05, 0) is 31.2 Å². The van der Waals surface area contributed by atoms with E-state index in [2.05, 4.69) is 10.6 Å². The Morgan fingerprint density at radius 1 is 1.39 bits per heavy atom. The van der Waals surface area contributed by atoms with Crippen LogP contribution < -0.4 is 16.4 Å². The van der Waals surface area contributed by atoms with E-state index in [1.54, 1.807) is 0 Å². The Morgan fingerprint density at radius 3 is 2.72 bits per heavy atom. The summed E-state index contributed by atoms with van der Waals surface area (Å²) in [7, 11) is 0. The standard InChI is InChI=1S/C11H14FN3O3/c12-9-3-2-7(6-8(9)10(16)17)15-11(18)14-5-1-4-13/h2-3,6H,1,4-5,13H2,(H,16,17)(H2,14,15,18). The van der Waals surface area contributed by atoms with Crippen molar-refractivity contribution < 1.29 is 19.1 Å². The fraction of sp³-hybridized carbons (Fsp3) is 0.273. The van der Waals surface area contributed by atoms with Crippen LogP contribution in [0.4, 0.5) is 14.9 Å². The fourth-order valence-electron chi connectivity index (χ4n) is 1.25. The number of anilines is 1. The average Bonchev–Trinajstić information content (AvgIpc) is 2.31. The lowest BCUT2D eigenvalue weighted by Gasteiger charge is -2.08. The number of benzene rings is 1. The molecule has 0 unspecified atom stereocenters. The Morgan fingerprint density at radius 2 is 2.11 bits per heavy atom. The minimum atomic E-state index is -1.39. The summed E-state index contributed by atoms with van der Waals surface area (Å²) < 4.78 is 13.1. The van der Waals surface area contributed by atoms with Gasteiger partial charge in [0.1, 0.15) is 5.82 Å². The van der Waals surface area contributed by atoms with Crippen molar-refractivity contribution in [3.8, 4) is 0 Å². The number of aromatic carboxylic acids is 1. The highest BCUT2D eigenvalue weighted by Gasteiger charge is 2.11. The highest BCUT2D eigenvalue weighted by molar-refractivity contribution is 5.93. The first kappa shape index (κ1) is 13.9. The van der Waals surface area contributed by atoms with E-state index in [9.17, 15) is 14.0 Å². The number of hydrogen-bond donors (Lipinski definition) is 4. The maximum absolute atomic E-state index is 13.1. The number of urea groups is 1. The van der Waals surface area contributed by atoms with E-state index in [0.29, 0.717) is 19.5 Å². The summed E-state index contributed by atoms with van der Waals surface area (Å²) in [5, 5.41) is 13.6. The Balaban J connectivity index is 2.65. The SMILES string of the molecule is NCCCNC(=O)Nc1ccc(F)c(C(=O)O)c1. The number of nitrogens with one attached hydrogen (secondary N) is 2. The minimum absolute atomic E-state index is 0.207. The van der Waals surface area contributed by atoms with Gasteiger partial charge in [0.25, 0.3) is 0 Å². The number of carboxylic acid groups (broad SMARTS) is 1. The van der Waals surface area contributed by atoms with Crippen LogP contribution in [0.1, 0.15) is 16.8 Å². The second-order valence-electron chi connectivity index (χ2n) is 3.52. The Hall–Kier alpha value is -2.15. The van der Waals surface area contributed by atoms with Crippen LogP contribution in [-0.2, 0) is 0 Å². The summed E-state index contributed by atoms with van der Waals surface area (Å²) in [5.74, 6) is -2.24. The molecule has 2 amide bonds. The maximum atomic E-state index is 13.1. The van der Waals surface area contributed by atoms with E-state index in [1.807, 2.05) is 0 Å². The second-order valence-corrected chi connectivity index (χ2v) is 3.52. The van der Waals surface area contributed by atoms with Crippen molar-refractivity contribution in [1.29, 1.82) is 0 Å². The maximum Gasteiger partial charge on any atom is 0.338 e. The Kier molecular flexibility index (Phi) is 5.06. The molecular weight excluding hydrogens is 241 g/mol. The number of rotatable bonds is 5. The van der Waals surface area contributed by atoms with Crippen LogP contribution in [0.2, 0.25) is 0 Å². The molecule has 0 fully saturated rings. The third-order valence-electron chi connectivity index (χ3n) is 2.12. The van der Waals surface area contributed by atoms with Gasteiger partial charge in [-0.3, -0.25) is 0 Å². The van der Waals surface area contributed by atoms with E-state index in [-0.39, 0.29) is 5.69 Å². The van der Waals surface area contributed by atoms with E-state index < -0.39 is 23.4 Å². The molecule has 0 radical (unpaired) electrons. The molecule has 0 bridgehead atoms. The van der Waals surface area contributed by atoms with Crippen LogP contribution in [0.25, 0.3) is 0 Å². The molecule has 1 aromatic carbocycles. The zero-order chi connectivity index (χ0) is 13.5. The zero-order valence-corrected chi connectivity index (χ0v) is 9.57. The zero-order valence-electron chi connectivity index (χ0n) is 9.57. The molecular formula is C11H14FN3O3. The van der Waals surface area contributed by atoms with E-state index in [4.69, 9.17) is 10.8 Å². The normalized spacial score (nSPS) is 9.89. The van der Waals surface area contributed by atoms with Crippen LogP contribution >= 0.6 is 0 Å². The number of carbonyl (C=O) groups excluding carboxylic acids is 1. The summed E-state index contributed by atoms with van der Waals surface area (Å²) in [6, 6.07) is 2.83. The van der Waals surface area contributed by atoms with Gasteiger partial charge in [0.2, 0.25) is 0 Å². The number of carbonyl (C=O) groups is 2. The van der Waals surface area contributed by atoms with Gasteiger partial charge in [-0.25, -0.2) is 14.0 Å². The van der Waals surface area contributed by atoms with Gasteiger partial charge in [0.15, 0.2) is 0 Å². The molecule has 0 saturated heterocycles. The van der Waals surface area contributed by atoms with E-state index >= 15 is 0 Å². The molecule has 0 spiro atoms. The van der Waals surface area contributed by atoms with Gasteiger partial charge in [-0.2, -0.15) is 0 Å². The van der Waals surface area contributed by atoms with Crippen molar-refractivity contribution in [1.82, 2.24) is 5.32 Å². The van der Waals surface area contributed by atoms with Crippen LogP contribution in [-0.4, -0.2) is 30.2 Å². The molecule has 0 saturated carbocycles. The van der Waals surface area contributed by atoms with Crippen LogP contribution in [0, 0.1) is 5.82 Å². The number of nitrogens with two attached hydrogens (primary N) is 1. The van der Waals surface area contributed by atoms with Gasteiger partial charge < -0.3 is 21.5 Å². The summed E-state index contributed by atoms with van der Waals surface area (Å²) in [4.78, 5) is 22.0. The smallest absolute Gasteiger partial charge is 0.338 e. The molecule has 0 atom stereocenters. The van der Waals surface area contributed by atoms with Gasteiger partial charge >= 0.3 is 12.0 Å². The lowest BCUT2D eigenvalue weighted by Crippen LogP contribution is -2.30. The van der Waals surface area contributed by atoms with Gasteiger partial charge in [-0.15, -0.1) is 0 Å². The first-order chi connectivity index (χ1) is 8.54. The second kappa shape index (κ2) is 6.55. The molecule has 18 heavy (non-hydrogen) atoms. The van der Waals surface area contributed by atoms with Gasteiger partial charge in [0, 0.05) is 12.2 Å². The lowest BCUT2D eigenvalue weighted by molar-refractivity contribution is 0.0692. The molecule has 0 aliphatic carbocycles. The summed E-state index contributed by atoms with van der Waals surface area (Å²) in [6.07, 6.45) is 0.636. The molecule has 5 N–H and O–H groups in total. The largest absolute Gasteiger partial charge is 0.478 e. The first-order valence-corrected chi connectivity index (χ1v) is 5.32. The van der Waals surface area contributed by atoms with Crippen molar-refractivity contribution in [2.24, 2.45) is 5.73 Å².